The molecule has 0 N–H and O–H groups in total. The van der Waals surface area contributed by atoms with Gasteiger partial charge in [-0.05, 0) is 30.4 Å². The second-order valence-corrected chi connectivity index (χ2v) is 5.13. The summed E-state index contributed by atoms with van der Waals surface area (Å²) in [5, 5.41) is 0.752. The van der Waals surface area contributed by atoms with E-state index in [0.717, 1.165) is 18.2 Å². The van der Waals surface area contributed by atoms with Crippen LogP contribution < -0.4 is 0 Å². The molecule has 0 saturated heterocycles. The van der Waals surface area contributed by atoms with Crippen molar-refractivity contribution < 1.29 is 8.78 Å². The summed E-state index contributed by atoms with van der Waals surface area (Å²) in [5.41, 5.74) is 0.121. The average molecular weight is 291 g/mol. The van der Waals surface area contributed by atoms with Crippen LogP contribution in [0.4, 0.5) is 8.78 Å². The molecule has 0 radical (unpaired) electrons. The van der Waals surface area contributed by atoms with Crippen molar-refractivity contribution >= 4 is 15.9 Å². The molecule has 0 fully saturated rings. The van der Waals surface area contributed by atoms with Gasteiger partial charge in [-0.1, -0.05) is 42.3 Å². The normalized spacial score (nSPS) is 14.8. The minimum Gasteiger partial charge on any atom is -0.207 e. The Balaban J connectivity index is 2.94. The highest BCUT2D eigenvalue weighted by atomic mass is 79.9. The van der Waals surface area contributed by atoms with Gasteiger partial charge in [-0.3, -0.25) is 0 Å². The molecule has 1 rings (SSSR count). The van der Waals surface area contributed by atoms with Gasteiger partial charge in [0, 0.05) is 10.9 Å². The number of hydrogen-bond acceptors (Lipinski definition) is 0. The fourth-order valence-corrected chi connectivity index (χ4v) is 2.41. The van der Waals surface area contributed by atoms with E-state index in [4.69, 9.17) is 0 Å². The van der Waals surface area contributed by atoms with E-state index in [0.29, 0.717) is 6.42 Å². The van der Waals surface area contributed by atoms with Crippen molar-refractivity contribution in [1.82, 2.24) is 0 Å². The van der Waals surface area contributed by atoms with Gasteiger partial charge in [-0.25, -0.2) is 8.78 Å². The highest BCUT2D eigenvalue weighted by Gasteiger charge is 2.25. The van der Waals surface area contributed by atoms with Crippen molar-refractivity contribution in [1.29, 1.82) is 0 Å². The van der Waals surface area contributed by atoms with E-state index < -0.39 is 11.6 Å². The smallest absolute Gasteiger partial charge is 0.129 e. The second-order valence-electron chi connectivity index (χ2n) is 4.57. The molecule has 16 heavy (non-hydrogen) atoms. The summed E-state index contributed by atoms with van der Waals surface area (Å²) in [6.45, 7) is 4.13. The molecule has 3 heteroatoms. The van der Waals surface area contributed by atoms with Crippen molar-refractivity contribution in [3.63, 3.8) is 0 Å². The maximum Gasteiger partial charge on any atom is 0.129 e. The van der Waals surface area contributed by atoms with Crippen LogP contribution in [0.5, 0.6) is 0 Å². The maximum absolute atomic E-state index is 13.5. The SMILES string of the molecule is CCCC(C)(CBr)Cc1c(F)cccc1F. The molecule has 0 aromatic heterocycles. The van der Waals surface area contributed by atoms with Crippen LogP contribution in [0, 0.1) is 17.0 Å². The minimum atomic E-state index is -0.441. The van der Waals surface area contributed by atoms with E-state index in [-0.39, 0.29) is 11.0 Å². The Morgan fingerprint density at radius 1 is 1.25 bits per heavy atom. The van der Waals surface area contributed by atoms with Gasteiger partial charge in [0.25, 0.3) is 0 Å². The Bertz CT molecular complexity index is 332. The Morgan fingerprint density at radius 2 is 1.81 bits per heavy atom. The zero-order valence-corrected chi connectivity index (χ0v) is 11.3. The number of benzene rings is 1. The van der Waals surface area contributed by atoms with Gasteiger partial charge in [0.2, 0.25) is 0 Å². The van der Waals surface area contributed by atoms with Crippen LogP contribution in [-0.2, 0) is 6.42 Å². The standard InChI is InChI=1S/C13H17BrF2/c1-3-7-13(2,9-14)8-10-11(15)5-4-6-12(10)16/h4-6H,3,7-9H2,1-2H3. The molecule has 0 aliphatic rings. The second kappa shape index (κ2) is 5.76. The summed E-state index contributed by atoms with van der Waals surface area (Å²) >= 11 is 3.43. The van der Waals surface area contributed by atoms with Crippen molar-refractivity contribution in [3.05, 3.63) is 35.4 Å². The van der Waals surface area contributed by atoms with Crippen LogP contribution >= 0.6 is 15.9 Å². The van der Waals surface area contributed by atoms with Crippen molar-refractivity contribution in [3.8, 4) is 0 Å². The molecule has 0 spiro atoms. The highest BCUT2D eigenvalue weighted by molar-refractivity contribution is 9.09. The Kier molecular flexibility index (Phi) is 4.90. The lowest BCUT2D eigenvalue weighted by Crippen LogP contribution is -2.22. The third kappa shape index (κ3) is 3.27. The predicted molar refractivity (Wildman–Crippen MR) is 66.9 cm³/mol. The lowest BCUT2D eigenvalue weighted by Gasteiger charge is -2.27. The van der Waals surface area contributed by atoms with E-state index in [2.05, 4.69) is 29.8 Å². The van der Waals surface area contributed by atoms with Crippen LogP contribution in [0.15, 0.2) is 18.2 Å². The van der Waals surface area contributed by atoms with Crippen LogP contribution in [0.1, 0.15) is 32.3 Å². The molecular formula is C13H17BrF2. The summed E-state index contributed by atoms with van der Waals surface area (Å²) in [5.74, 6) is -0.883. The van der Waals surface area contributed by atoms with E-state index in [9.17, 15) is 8.78 Å². The molecule has 90 valence electrons. The van der Waals surface area contributed by atoms with Crippen LogP contribution in [0.2, 0.25) is 0 Å². The summed E-state index contributed by atoms with van der Waals surface area (Å²) in [4.78, 5) is 0. The number of alkyl halides is 1. The van der Waals surface area contributed by atoms with Gasteiger partial charge >= 0.3 is 0 Å². The molecule has 0 saturated carbocycles. The fourth-order valence-electron chi connectivity index (χ4n) is 1.93. The minimum absolute atomic E-state index is 0.0855. The number of hydrogen-bond donors (Lipinski definition) is 0. The van der Waals surface area contributed by atoms with E-state index in [1.807, 2.05) is 0 Å². The van der Waals surface area contributed by atoms with Gasteiger partial charge in [0.1, 0.15) is 11.6 Å². The molecule has 0 aliphatic heterocycles. The first-order valence-corrected chi connectivity index (χ1v) is 6.63. The van der Waals surface area contributed by atoms with Gasteiger partial charge in [0.05, 0.1) is 0 Å². The van der Waals surface area contributed by atoms with Gasteiger partial charge in [-0.15, -0.1) is 0 Å². The first kappa shape index (κ1) is 13.6. The lowest BCUT2D eigenvalue weighted by atomic mass is 9.81. The average Bonchev–Trinajstić information content (AvgIpc) is 2.24. The number of rotatable bonds is 5. The summed E-state index contributed by atoms with van der Waals surface area (Å²) in [6, 6.07) is 4.04. The van der Waals surface area contributed by atoms with Crippen LogP contribution in [-0.4, -0.2) is 5.33 Å². The van der Waals surface area contributed by atoms with E-state index >= 15 is 0 Å². The first-order chi connectivity index (χ1) is 7.52. The molecule has 1 aromatic carbocycles. The van der Waals surface area contributed by atoms with Gasteiger partial charge in [0.15, 0.2) is 0 Å². The Morgan fingerprint density at radius 3 is 2.25 bits per heavy atom. The highest BCUT2D eigenvalue weighted by Crippen LogP contribution is 2.32. The maximum atomic E-state index is 13.5. The zero-order chi connectivity index (χ0) is 12.2. The first-order valence-electron chi connectivity index (χ1n) is 5.51. The van der Waals surface area contributed by atoms with Crippen molar-refractivity contribution in [2.75, 3.05) is 5.33 Å². The van der Waals surface area contributed by atoms with Gasteiger partial charge in [-0.2, -0.15) is 0 Å². The quantitative estimate of drug-likeness (QED) is 0.689. The Hall–Kier alpha value is -0.440. The molecule has 0 aliphatic carbocycles. The molecule has 1 unspecified atom stereocenters. The zero-order valence-electron chi connectivity index (χ0n) is 9.69. The van der Waals surface area contributed by atoms with E-state index in [1.54, 1.807) is 0 Å². The summed E-state index contributed by atoms with van der Waals surface area (Å²) in [7, 11) is 0. The van der Waals surface area contributed by atoms with Crippen LogP contribution in [0.25, 0.3) is 0 Å². The molecule has 0 nitrogen and oxygen atoms in total. The van der Waals surface area contributed by atoms with E-state index in [1.165, 1.54) is 18.2 Å². The predicted octanol–water partition coefficient (Wildman–Crippen LogP) is 4.71. The molecule has 0 bridgehead atoms. The Labute approximate surface area is 104 Å². The fraction of sp³-hybridized carbons (Fsp3) is 0.538. The third-order valence-corrected chi connectivity index (χ3v) is 4.20. The van der Waals surface area contributed by atoms with Crippen molar-refractivity contribution in [2.24, 2.45) is 5.41 Å². The van der Waals surface area contributed by atoms with Crippen LogP contribution in [0.3, 0.4) is 0 Å². The monoisotopic (exact) mass is 290 g/mol. The lowest BCUT2D eigenvalue weighted by molar-refractivity contribution is 0.329. The third-order valence-electron chi connectivity index (χ3n) is 2.84. The molecule has 0 heterocycles. The topological polar surface area (TPSA) is 0 Å². The molecular weight excluding hydrogens is 274 g/mol. The van der Waals surface area contributed by atoms with Gasteiger partial charge < -0.3 is 0 Å². The molecule has 0 amide bonds. The van der Waals surface area contributed by atoms with Crippen molar-refractivity contribution in [2.45, 2.75) is 33.1 Å². The largest absolute Gasteiger partial charge is 0.207 e. The molecule has 1 atom stereocenters. The number of halogens is 3. The summed E-state index contributed by atoms with van der Waals surface area (Å²) in [6.07, 6.45) is 2.40. The summed E-state index contributed by atoms with van der Waals surface area (Å²) < 4.78 is 27.0. The molecule has 1 aromatic rings.